The second-order valence-electron chi connectivity index (χ2n) is 3.23. The first-order valence-corrected chi connectivity index (χ1v) is 4.57. The summed E-state index contributed by atoms with van der Waals surface area (Å²) in [7, 11) is 0. The molecule has 0 atom stereocenters. The smallest absolute Gasteiger partial charge is 0.0344 e. The molecule has 0 nitrogen and oxygen atoms in total. The van der Waals surface area contributed by atoms with Crippen LogP contribution in [0.15, 0.2) is 49.1 Å². The summed E-state index contributed by atoms with van der Waals surface area (Å²) in [6.45, 7) is 9.61. The Bertz CT molecular complexity index is 385. The fraction of sp³-hybridized carbons (Fsp3) is 0.143. The monoisotopic (exact) mass is 182 g/mol. The summed E-state index contributed by atoms with van der Waals surface area (Å²) in [5.74, 6) is 5.97. The molecule has 0 radical (unpaired) electrons. The maximum atomic E-state index is 3.99. The lowest BCUT2D eigenvalue weighted by Crippen LogP contribution is -1.79. The maximum Gasteiger partial charge on any atom is 0.0344 e. The van der Waals surface area contributed by atoms with E-state index in [9.17, 15) is 0 Å². The van der Waals surface area contributed by atoms with Crippen molar-refractivity contribution in [3.05, 3.63) is 54.6 Å². The van der Waals surface area contributed by atoms with Gasteiger partial charge in [0.1, 0.15) is 0 Å². The molecule has 0 aliphatic heterocycles. The van der Waals surface area contributed by atoms with Crippen molar-refractivity contribution in [1.29, 1.82) is 0 Å². The highest BCUT2D eigenvalue weighted by molar-refractivity contribution is 5.65. The van der Waals surface area contributed by atoms with Crippen molar-refractivity contribution in [3.8, 4) is 11.8 Å². The van der Waals surface area contributed by atoms with Crippen LogP contribution in [0.2, 0.25) is 0 Å². The van der Waals surface area contributed by atoms with Crippen LogP contribution in [0.3, 0.4) is 0 Å². The first-order valence-electron chi connectivity index (χ1n) is 4.57. The van der Waals surface area contributed by atoms with Crippen LogP contribution in [0.5, 0.6) is 0 Å². The molecule has 0 aliphatic rings. The van der Waals surface area contributed by atoms with Gasteiger partial charge in [0.2, 0.25) is 0 Å². The summed E-state index contributed by atoms with van der Waals surface area (Å²) in [6, 6.07) is 10.1. The molecule has 14 heavy (non-hydrogen) atoms. The van der Waals surface area contributed by atoms with Gasteiger partial charge in [-0.2, -0.15) is 0 Å². The molecule has 1 rings (SSSR count). The normalized spacial score (nSPS) is 8.64. The van der Waals surface area contributed by atoms with Gasteiger partial charge in [-0.3, -0.25) is 0 Å². The number of rotatable bonds is 2. The molecule has 0 aromatic heterocycles. The lowest BCUT2D eigenvalue weighted by molar-refractivity contribution is 1.45. The Morgan fingerprint density at radius 3 is 2.43 bits per heavy atom. The van der Waals surface area contributed by atoms with Gasteiger partial charge < -0.3 is 0 Å². The van der Waals surface area contributed by atoms with Crippen LogP contribution < -0.4 is 0 Å². The van der Waals surface area contributed by atoms with Gasteiger partial charge in [-0.05, 0) is 23.6 Å². The summed E-state index contributed by atoms with van der Waals surface area (Å²) in [5, 5.41) is 0. The zero-order valence-electron chi connectivity index (χ0n) is 8.51. The highest BCUT2D eigenvalue weighted by atomic mass is 14.0. The van der Waals surface area contributed by atoms with Crippen molar-refractivity contribution in [2.45, 2.75) is 13.3 Å². The van der Waals surface area contributed by atoms with Crippen molar-refractivity contribution in [1.82, 2.24) is 0 Å². The van der Waals surface area contributed by atoms with Crippen LogP contribution in [-0.2, 0) is 0 Å². The van der Waals surface area contributed by atoms with E-state index in [0.717, 1.165) is 16.7 Å². The van der Waals surface area contributed by atoms with E-state index in [0.29, 0.717) is 6.42 Å². The summed E-state index contributed by atoms with van der Waals surface area (Å²) in [4.78, 5) is 0. The van der Waals surface area contributed by atoms with Gasteiger partial charge in [0.15, 0.2) is 0 Å². The van der Waals surface area contributed by atoms with Crippen LogP contribution in [0, 0.1) is 11.8 Å². The molecule has 0 heterocycles. The first-order chi connectivity index (χ1) is 6.70. The molecule has 0 unspecified atom stereocenters. The number of hydrogen-bond donors (Lipinski definition) is 0. The Morgan fingerprint density at radius 2 is 1.86 bits per heavy atom. The van der Waals surface area contributed by atoms with Gasteiger partial charge in [0.25, 0.3) is 0 Å². The van der Waals surface area contributed by atoms with E-state index < -0.39 is 0 Å². The minimum Gasteiger partial charge on any atom is -0.0943 e. The molecule has 0 bridgehead atoms. The highest BCUT2D eigenvalue weighted by Gasteiger charge is 1.93. The van der Waals surface area contributed by atoms with E-state index in [-0.39, 0.29) is 0 Å². The third-order valence-corrected chi connectivity index (χ3v) is 1.79. The number of benzene rings is 1. The fourth-order valence-corrected chi connectivity index (χ4v) is 1.08. The number of allylic oxidation sites excluding steroid dienone is 2. The molecule has 1 aromatic carbocycles. The van der Waals surface area contributed by atoms with Crippen molar-refractivity contribution in [3.63, 3.8) is 0 Å². The molecule has 0 heteroatoms. The average molecular weight is 182 g/mol. The second-order valence-corrected chi connectivity index (χ2v) is 3.23. The Morgan fingerprint density at radius 1 is 1.21 bits per heavy atom. The Kier molecular flexibility index (Phi) is 3.76. The minimum absolute atomic E-state index is 0.705. The van der Waals surface area contributed by atoms with Crippen molar-refractivity contribution < 1.29 is 0 Å². The minimum atomic E-state index is 0.705. The molecular weight excluding hydrogens is 168 g/mol. The quantitative estimate of drug-likeness (QED) is 0.612. The van der Waals surface area contributed by atoms with E-state index in [2.05, 4.69) is 25.0 Å². The van der Waals surface area contributed by atoms with Crippen LogP contribution in [0.25, 0.3) is 5.57 Å². The predicted molar refractivity (Wildman–Crippen MR) is 62.7 cm³/mol. The average Bonchev–Trinajstić information content (AvgIpc) is 2.18. The third kappa shape index (κ3) is 3.33. The molecule has 0 N–H and O–H groups in total. The molecule has 1 aromatic rings. The Hall–Kier alpha value is -1.74. The van der Waals surface area contributed by atoms with Gasteiger partial charge in [0.05, 0.1) is 0 Å². The molecule has 0 amide bonds. The second kappa shape index (κ2) is 5.09. The van der Waals surface area contributed by atoms with Crippen molar-refractivity contribution >= 4 is 5.57 Å². The zero-order valence-corrected chi connectivity index (χ0v) is 8.51. The molecule has 0 spiro atoms. The molecule has 0 fully saturated rings. The van der Waals surface area contributed by atoms with Crippen LogP contribution in [-0.4, -0.2) is 0 Å². The van der Waals surface area contributed by atoms with Crippen LogP contribution in [0.4, 0.5) is 0 Å². The molecular formula is C14H14. The maximum absolute atomic E-state index is 3.99. The van der Waals surface area contributed by atoms with E-state index in [1.807, 2.05) is 37.3 Å². The zero-order chi connectivity index (χ0) is 10.4. The van der Waals surface area contributed by atoms with Gasteiger partial charge >= 0.3 is 0 Å². The Balaban J connectivity index is 2.62. The van der Waals surface area contributed by atoms with Gasteiger partial charge in [-0.1, -0.05) is 55.3 Å². The lowest BCUT2D eigenvalue weighted by Gasteiger charge is -1.99. The van der Waals surface area contributed by atoms with Crippen molar-refractivity contribution in [2.75, 3.05) is 0 Å². The van der Waals surface area contributed by atoms with E-state index in [1.165, 1.54) is 0 Å². The van der Waals surface area contributed by atoms with Crippen LogP contribution in [0.1, 0.15) is 18.9 Å². The molecule has 0 saturated heterocycles. The first kappa shape index (κ1) is 10.3. The van der Waals surface area contributed by atoms with Crippen molar-refractivity contribution in [2.24, 2.45) is 0 Å². The largest absolute Gasteiger partial charge is 0.0943 e. The van der Waals surface area contributed by atoms with Gasteiger partial charge in [-0.25, -0.2) is 0 Å². The van der Waals surface area contributed by atoms with E-state index in [4.69, 9.17) is 0 Å². The highest BCUT2D eigenvalue weighted by Crippen LogP contribution is 2.14. The molecule has 70 valence electrons. The standard InChI is InChI=1S/C14H14/c1-12(2)8-7-9-13(3)14-10-5-4-6-11-14/h4-6,10-11H,1,3,9H2,2H3. The topological polar surface area (TPSA) is 0 Å². The third-order valence-electron chi connectivity index (χ3n) is 1.79. The van der Waals surface area contributed by atoms with Gasteiger partial charge in [-0.15, -0.1) is 0 Å². The van der Waals surface area contributed by atoms with Gasteiger partial charge in [0, 0.05) is 6.42 Å². The summed E-state index contributed by atoms with van der Waals surface area (Å²) in [5.41, 5.74) is 3.11. The molecule has 0 aliphatic carbocycles. The van der Waals surface area contributed by atoms with E-state index in [1.54, 1.807) is 0 Å². The lowest BCUT2D eigenvalue weighted by atomic mass is 10.1. The fourth-order valence-electron chi connectivity index (χ4n) is 1.08. The summed E-state index contributed by atoms with van der Waals surface area (Å²) >= 11 is 0. The van der Waals surface area contributed by atoms with Crippen LogP contribution >= 0.6 is 0 Å². The Labute approximate surface area is 86.0 Å². The summed E-state index contributed by atoms with van der Waals surface area (Å²) in [6.07, 6.45) is 0.705. The molecule has 0 saturated carbocycles. The predicted octanol–water partition coefficient (Wildman–Crippen LogP) is 3.67. The van der Waals surface area contributed by atoms with E-state index >= 15 is 0 Å². The SMILES string of the molecule is C=C(C)C#CCC(=C)c1ccccc1. The summed E-state index contributed by atoms with van der Waals surface area (Å²) < 4.78 is 0. The number of hydrogen-bond acceptors (Lipinski definition) is 0.